The number of hydrogen-bond donors (Lipinski definition) is 1. The molecule has 1 unspecified atom stereocenters. The van der Waals surface area contributed by atoms with Crippen molar-refractivity contribution in [2.45, 2.75) is 110 Å². The number of unbranched alkanes of at least 4 members (excludes halogenated alkanes) is 12. The van der Waals surface area contributed by atoms with E-state index >= 15 is 0 Å². The smallest absolute Gasteiger partial charge is 0.342 e. The van der Waals surface area contributed by atoms with E-state index in [1.807, 2.05) is 0 Å². The molecule has 4 nitrogen and oxygen atoms in total. The van der Waals surface area contributed by atoms with Crippen LogP contribution < -0.4 is 0 Å². The van der Waals surface area contributed by atoms with E-state index in [0.29, 0.717) is 0 Å². The molecule has 4 heteroatoms. The SMILES string of the molecule is CCCCCCCCCCCCCCCC(=O)OC(=O)C(C)O. The lowest BCUT2D eigenvalue weighted by Crippen LogP contribution is -2.22. The summed E-state index contributed by atoms with van der Waals surface area (Å²) in [5.41, 5.74) is 0. The summed E-state index contributed by atoms with van der Waals surface area (Å²) >= 11 is 0. The van der Waals surface area contributed by atoms with E-state index in [9.17, 15) is 9.59 Å². The molecule has 0 radical (unpaired) electrons. The number of carbonyl (C=O) groups excluding carboxylic acids is 2. The fourth-order valence-electron chi connectivity index (χ4n) is 2.54. The van der Waals surface area contributed by atoms with Crippen LogP contribution in [0.3, 0.4) is 0 Å². The third kappa shape index (κ3) is 15.8. The number of hydrogen-bond acceptors (Lipinski definition) is 4. The average Bonchev–Trinajstić information content (AvgIpc) is 2.51. The molecule has 0 heterocycles. The highest BCUT2D eigenvalue weighted by Crippen LogP contribution is 2.13. The van der Waals surface area contributed by atoms with Crippen LogP contribution in [0.5, 0.6) is 0 Å². The first-order valence-corrected chi connectivity index (χ1v) is 9.50. The normalized spacial score (nSPS) is 12.1. The maximum atomic E-state index is 11.3. The van der Waals surface area contributed by atoms with E-state index in [4.69, 9.17) is 5.11 Å². The molecule has 0 aromatic rings. The van der Waals surface area contributed by atoms with Gasteiger partial charge < -0.3 is 9.84 Å². The summed E-state index contributed by atoms with van der Waals surface area (Å²) in [5, 5.41) is 8.93. The molecule has 0 aromatic carbocycles. The fourth-order valence-corrected chi connectivity index (χ4v) is 2.54. The van der Waals surface area contributed by atoms with Gasteiger partial charge in [-0.15, -0.1) is 0 Å². The van der Waals surface area contributed by atoms with Crippen LogP contribution in [-0.4, -0.2) is 23.1 Å². The van der Waals surface area contributed by atoms with Gasteiger partial charge in [0.25, 0.3) is 0 Å². The van der Waals surface area contributed by atoms with Gasteiger partial charge in [-0.05, 0) is 13.3 Å². The lowest BCUT2D eigenvalue weighted by molar-refractivity contribution is -0.165. The topological polar surface area (TPSA) is 63.6 Å². The molecule has 0 aliphatic rings. The highest BCUT2D eigenvalue weighted by molar-refractivity contribution is 5.87. The van der Waals surface area contributed by atoms with Crippen molar-refractivity contribution < 1.29 is 19.4 Å². The summed E-state index contributed by atoms with van der Waals surface area (Å²) in [6.07, 6.45) is 15.3. The van der Waals surface area contributed by atoms with Gasteiger partial charge in [0.2, 0.25) is 0 Å². The predicted octanol–water partition coefficient (Wildman–Crippen LogP) is 4.92. The van der Waals surface area contributed by atoms with Gasteiger partial charge in [0.15, 0.2) is 0 Å². The fraction of sp³-hybridized carbons (Fsp3) is 0.895. The minimum Gasteiger partial charge on any atom is -0.391 e. The van der Waals surface area contributed by atoms with Crippen molar-refractivity contribution in [1.82, 2.24) is 0 Å². The maximum Gasteiger partial charge on any atom is 0.342 e. The number of aliphatic hydroxyl groups excluding tert-OH is 1. The highest BCUT2D eigenvalue weighted by atomic mass is 16.6. The summed E-state index contributed by atoms with van der Waals surface area (Å²) in [7, 11) is 0. The molecular formula is C19H36O4. The van der Waals surface area contributed by atoms with Crippen molar-refractivity contribution in [3.63, 3.8) is 0 Å². The van der Waals surface area contributed by atoms with Crippen molar-refractivity contribution >= 4 is 11.9 Å². The van der Waals surface area contributed by atoms with Crippen LogP contribution in [-0.2, 0) is 14.3 Å². The Bertz CT molecular complexity index is 300. The Morgan fingerprint density at radius 2 is 1.17 bits per heavy atom. The van der Waals surface area contributed by atoms with Crippen LogP contribution >= 0.6 is 0 Å². The molecule has 0 bridgehead atoms. The van der Waals surface area contributed by atoms with Gasteiger partial charge in [0.1, 0.15) is 6.10 Å². The first-order chi connectivity index (χ1) is 11.1. The third-order valence-electron chi connectivity index (χ3n) is 4.04. The van der Waals surface area contributed by atoms with Crippen LogP contribution in [0.25, 0.3) is 0 Å². The molecule has 0 rings (SSSR count). The van der Waals surface area contributed by atoms with E-state index < -0.39 is 18.0 Å². The minimum absolute atomic E-state index is 0.260. The molecule has 1 atom stereocenters. The van der Waals surface area contributed by atoms with E-state index in [1.54, 1.807) is 0 Å². The van der Waals surface area contributed by atoms with Gasteiger partial charge in [-0.1, -0.05) is 84.0 Å². The van der Waals surface area contributed by atoms with Crippen molar-refractivity contribution in [2.75, 3.05) is 0 Å². The van der Waals surface area contributed by atoms with E-state index in [-0.39, 0.29) is 6.42 Å². The monoisotopic (exact) mass is 328 g/mol. The van der Waals surface area contributed by atoms with Gasteiger partial charge >= 0.3 is 11.9 Å². The quantitative estimate of drug-likeness (QED) is 0.263. The number of esters is 2. The minimum atomic E-state index is -1.23. The zero-order valence-electron chi connectivity index (χ0n) is 15.1. The highest BCUT2D eigenvalue weighted by Gasteiger charge is 2.14. The lowest BCUT2D eigenvalue weighted by Gasteiger charge is -2.05. The van der Waals surface area contributed by atoms with Crippen molar-refractivity contribution in [3.05, 3.63) is 0 Å². The number of ether oxygens (including phenoxy) is 1. The average molecular weight is 328 g/mol. The molecule has 0 aliphatic heterocycles. The number of carbonyl (C=O) groups is 2. The van der Waals surface area contributed by atoms with Gasteiger partial charge in [-0.3, -0.25) is 4.79 Å². The lowest BCUT2D eigenvalue weighted by atomic mass is 10.0. The van der Waals surface area contributed by atoms with Crippen molar-refractivity contribution in [1.29, 1.82) is 0 Å². The van der Waals surface area contributed by atoms with E-state index in [0.717, 1.165) is 19.3 Å². The Kier molecular flexibility index (Phi) is 15.4. The second kappa shape index (κ2) is 16.0. The summed E-state index contributed by atoms with van der Waals surface area (Å²) in [4.78, 5) is 22.3. The first kappa shape index (κ1) is 22.1. The standard InChI is InChI=1S/C19H36O4/c1-3-4-5-6-7-8-9-10-11-12-13-14-15-16-18(21)23-19(22)17(2)20/h17,20H,3-16H2,1-2H3. The van der Waals surface area contributed by atoms with Gasteiger partial charge in [0.05, 0.1) is 0 Å². The Balaban J connectivity index is 3.21. The second-order valence-electron chi connectivity index (χ2n) is 6.46. The molecule has 23 heavy (non-hydrogen) atoms. The van der Waals surface area contributed by atoms with Crippen LogP contribution in [0.2, 0.25) is 0 Å². The number of aliphatic hydroxyl groups is 1. The Morgan fingerprint density at radius 3 is 1.57 bits per heavy atom. The second-order valence-corrected chi connectivity index (χ2v) is 6.46. The molecule has 0 amide bonds. The summed E-state index contributed by atoms with van der Waals surface area (Å²) in [6, 6.07) is 0. The molecule has 0 spiro atoms. The Hall–Kier alpha value is -0.900. The van der Waals surface area contributed by atoms with Crippen molar-refractivity contribution in [2.24, 2.45) is 0 Å². The van der Waals surface area contributed by atoms with Crippen LogP contribution in [0.15, 0.2) is 0 Å². The summed E-state index contributed by atoms with van der Waals surface area (Å²) < 4.78 is 4.49. The largest absolute Gasteiger partial charge is 0.391 e. The molecule has 0 saturated heterocycles. The Morgan fingerprint density at radius 1 is 0.783 bits per heavy atom. The van der Waals surface area contributed by atoms with Gasteiger partial charge in [-0.25, -0.2) is 4.79 Å². The molecule has 136 valence electrons. The van der Waals surface area contributed by atoms with Gasteiger partial charge in [-0.2, -0.15) is 0 Å². The van der Waals surface area contributed by atoms with Gasteiger partial charge in [0, 0.05) is 6.42 Å². The first-order valence-electron chi connectivity index (χ1n) is 9.50. The van der Waals surface area contributed by atoms with Crippen molar-refractivity contribution in [3.8, 4) is 0 Å². The number of rotatable bonds is 15. The molecule has 0 saturated carbocycles. The zero-order valence-corrected chi connectivity index (χ0v) is 15.1. The molecule has 1 N–H and O–H groups in total. The third-order valence-corrected chi connectivity index (χ3v) is 4.04. The van der Waals surface area contributed by atoms with E-state index in [2.05, 4.69) is 11.7 Å². The zero-order chi connectivity index (χ0) is 17.3. The maximum absolute atomic E-state index is 11.3. The predicted molar refractivity (Wildman–Crippen MR) is 93.1 cm³/mol. The molecule has 0 aromatic heterocycles. The summed E-state index contributed by atoms with van der Waals surface area (Å²) in [6.45, 7) is 3.54. The van der Waals surface area contributed by atoms with Crippen LogP contribution in [0, 0.1) is 0 Å². The van der Waals surface area contributed by atoms with Crippen LogP contribution in [0.4, 0.5) is 0 Å². The molecular weight excluding hydrogens is 292 g/mol. The summed E-state index contributed by atoms with van der Waals surface area (Å²) in [5.74, 6) is -1.39. The Labute approximate surface area is 142 Å². The molecule has 0 fully saturated rings. The van der Waals surface area contributed by atoms with Crippen LogP contribution in [0.1, 0.15) is 104 Å². The van der Waals surface area contributed by atoms with E-state index in [1.165, 1.54) is 71.1 Å². The molecule has 0 aliphatic carbocycles.